The minimum atomic E-state index is -0.408. The summed E-state index contributed by atoms with van der Waals surface area (Å²) >= 11 is 0. The van der Waals surface area contributed by atoms with Gasteiger partial charge >= 0.3 is 0 Å². The van der Waals surface area contributed by atoms with Crippen LogP contribution in [0.4, 0.5) is 5.69 Å². The van der Waals surface area contributed by atoms with Crippen molar-refractivity contribution in [2.24, 2.45) is 5.10 Å². The molecular formula is C18H19N2P. The first-order chi connectivity index (χ1) is 10.4. The van der Waals surface area contributed by atoms with Gasteiger partial charge in [0.05, 0.1) is 13.8 Å². The van der Waals surface area contributed by atoms with E-state index < -0.39 is 8.07 Å². The average Bonchev–Trinajstić information content (AvgIpc) is 2.96. The monoisotopic (exact) mass is 294 g/mol. The number of benzene rings is 2. The lowest BCUT2D eigenvalue weighted by molar-refractivity contribution is 0.676. The van der Waals surface area contributed by atoms with Crippen molar-refractivity contribution in [3.05, 3.63) is 60.7 Å². The molecule has 0 saturated heterocycles. The molecule has 2 atom stereocenters. The highest BCUT2D eigenvalue weighted by Gasteiger charge is 2.39. The van der Waals surface area contributed by atoms with Crippen LogP contribution < -0.4 is 10.1 Å². The minimum Gasteiger partial charge on any atom is -0.240 e. The largest absolute Gasteiger partial charge is 0.240 e. The van der Waals surface area contributed by atoms with Gasteiger partial charge in [0.2, 0.25) is 0 Å². The summed E-state index contributed by atoms with van der Waals surface area (Å²) in [5, 5.41) is 6.46. The topological polar surface area (TPSA) is 15.6 Å². The summed E-state index contributed by atoms with van der Waals surface area (Å²) in [5.41, 5.74) is 3.31. The molecule has 1 saturated carbocycles. The Labute approximate surface area is 127 Å². The summed E-state index contributed by atoms with van der Waals surface area (Å²) in [6.07, 6.45) is 5.12. The molecule has 21 heavy (non-hydrogen) atoms. The molecule has 0 amide bonds. The van der Waals surface area contributed by atoms with E-state index >= 15 is 0 Å². The van der Waals surface area contributed by atoms with Crippen molar-refractivity contribution in [1.29, 1.82) is 0 Å². The molecule has 4 rings (SSSR count). The Kier molecular flexibility index (Phi) is 3.48. The third-order valence-corrected chi connectivity index (χ3v) is 6.98. The summed E-state index contributed by atoms with van der Waals surface area (Å²) < 4.78 is 2.32. The van der Waals surface area contributed by atoms with Gasteiger partial charge in [-0.1, -0.05) is 55.0 Å². The van der Waals surface area contributed by atoms with Gasteiger partial charge in [-0.05, 0) is 36.7 Å². The van der Waals surface area contributed by atoms with Crippen LogP contribution in [0.3, 0.4) is 0 Å². The van der Waals surface area contributed by atoms with Gasteiger partial charge in [0.25, 0.3) is 0 Å². The molecule has 2 aromatic rings. The van der Waals surface area contributed by atoms with Gasteiger partial charge in [-0.2, -0.15) is 5.10 Å². The van der Waals surface area contributed by atoms with E-state index in [-0.39, 0.29) is 0 Å². The van der Waals surface area contributed by atoms with E-state index in [2.05, 4.69) is 65.4 Å². The Balaban J connectivity index is 1.77. The maximum absolute atomic E-state index is 5.02. The van der Waals surface area contributed by atoms with Crippen molar-refractivity contribution in [2.75, 3.05) is 4.78 Å². The number of anilines is 1. The van der Waals surface area contributed by atoms with Gasteiger partial charge in [0, 0.05) is 11.4 Å². The molecule has 1 fully saturated rings. The fraction of sp³-hybridized carbons (Fsp3) is 0.278. The van der Waals surface area contributed by atoms with Gasteiger partial charge < -0.3 is 0 Å². The molecule has 0 bridgehead atoms. The molecule has 0 radical (unpaired) electrons. The first kappa shape index (κ1) is 13.0. The molecule has 3 heteroatoms. The molecule has 106 valence electrons. The SMILES string of the molecule is c1ccc(N2N=C3CCCCC3P2c2ccccc2)cc1. The Morgan fingerprint density at radius 1 is 0.905 bits per heavy atom. The number of rotatable bonds is 2. The zero-order chi connectivity index (χ0) is 14.1. The summed E-state index contributed by atoms with van der Waals surface area (Å²) in [6.45, 7) is 0. The molecule has 2 aromatic carbocycles. The summed E-state index contributed by atoms with van der Waals surface area (Å²) in [6, 6.07) is 21.6. The predicted molar refractivity (Wildman–Crippen MR) is 91.6 cm³/mol. The summed E-state index contributed by atoms with van der Waals surface area (Å²) in [5.74, 6) is 0. The molecule has 2 nitrogen and oxygen atoms in total. The van der Waals surface area contributed by atoms with E-state index in [4.69, 9.17) is 5.10 Å². The third kappa shape index (κ3) is 2.38. The van der Waals surface area contributed by atoms with E-state index in [0.717, 1.165) is 0 Å². The van der Waals surface area contributed by atoms with Crippen molar-refractivity contribution in [2.45, 2.75) is 31.3 Å². The second-order valence-corrected chi connectivity index (χ2v) is 7.87. The smallest absolute Gasteiger partial charge is 0.0639 e. The number of para-hydroxylation sites is 1. The Morgan fingerprint density at radius 3 is 2.38 bits per heavy atom. The maximum atomic E-state index is 5.02. The van der Waals surface area contributed by atoms with E-state index in [1.165, 1.54) is 42.4 Å². The number of hydrogen-bond acceptors (Lipinski definition) is 2. The highest BCUT2D eigenvalue weighted by atomic mass is 31.1. The van der Waals surface area contributed by atoms with Crippen LogP contribution in [0, 0.1) is 0 Å². The Bertz CT molecular complexity index is 639. The van der Waals surface area contributed by atoms with E-state index in [1.807, 2.05) is 0 Å². The quantitative estimate of drug-likeness (QED) is 0.743. The van der Waals surface area contributed by atoms with Crippen molar-refractivity contribution >= 4 is 24.8 Å². The van der Waals surface area contributed by atoms with Crippen LogP contribution in [0.25, 0.3) is 0 Å². The summed E-state index contributed by atoms with van der Waals surface area (Å²) in [4.78, 5) is 0. The fourth-order valence-corrected chi connectivity index (χ4v) is 6.08. The van der Waals surface area contributed by atoms with Gasteiger partial charge in [0.15, 0.2) is 0 Å². The van der Waals surface area contributed by atoms with Gasteiger partial charge in [0.1, 0.15) is 0 Å². The number of hydrogen-bond donors (Lipinski definition) is 0. The Hall–Kier alpha value is -1.66. The number of hydrazone groups is 1. The van der Waals surface area contributed by atoms with Crippen LogP contribution in [0.15, 0.2) is 65.8 Å². The van der Waals surface area contributed by atoms with Crippen LogP contribution in [0.5, 0.6) is 0 Å². The highest BCUT2D eigenvalue weighted by molar-refractivity contribution is 7.69. The average molecular weight is 294 g/mol. The molecule has 0 N–H and O–H groups in total. The van der Waals surface area contributed by atoms with E-state index in [1.54, 1.807) is 0 Å². The number of fused-ring (bicyclic) bond motifs is 1. The fourth-order valence-electron chi connectivity index (χ4n) is 3.27. The van der Waals surface area contributed by atoms with Crippen molar-refractivity contribution in [3.63, 3.8) is 0 Å². The lowest BCUT2D eigenvalue weighted by Gasteiger charge is -2.29. The zero-order valence-corrected chi connectivity index (χ0v) is 12.9. The highest BCUT2D eigenvalue weighted by Crippen LogP contribution is 2.55. The van der Waals surface area contributed by atoms with Gasteiger partial charge in [-0.3, -0.25) is 0 Å². The first-order valence-corrected chi connectivity index (χ1v) is 9.06. The predicted octanol–water partition coefficient (Wildman–Crippen LogP) is 4.53. The molecule has 1 heterocycles. The molecule has 0 aromatic heterocycles. The minimum absolute atomic E-state index is 0.408. The van der Waals surface area contributed by atoms with E-state index in [9.17, 15) is 0 Å². The molecule has 1 aliphatic heterocycles. The van der Waals surface area contributed by atoms with Crippen LogP contribution in [0.2, 0.25) is 0 Å². The molecule has 0 spiro atoms. The van der Waals surface area contributed by atoms with Crippen LogP contribution >= 0.6 is 8.07 Å². The van der Waals surface area contributed by atoms with Crippen molar-refractivity contribution in [3.8, 4) is 0 Å². The molecule has 2 aliphatic rings. The van der Waals surface area contributed by atoms with Crippen LogP contribution in [0.1, 0.15) is 25.7 Å². The zero-order valence-electron chi connectivity index (χ0n) is 12.0. The second kappa shape index (κ2) is 5.61. The lowest BCUT2D eigenvalue weighted by Crippen LogP contribution is -2.25. The maximum Gasteiger partial charge on any atom is 0.0639 e. The third-order valence-electron chi connectivity index (χ3n) is 4.28. The van der Waals surface area contributed by atoms with Crippen LogP contribution in [-0.4, -0.2) is 11.4 Å². The van der Waals surface area contributed by atoms with Crippen molar-refractivity contribution < 1.29 is 0 Å². The molecular weight excluding hydrogens is 275 g/mol. The molecule has 2 unspecified atom stereocenters. The summed E-state index contributed by atoms with van der Waals surface area (Å²) in [7, 11) is -0.408. The Morgan fingerprint density at radius 2 is 1.62 bits per heavy atom. The van der Waals surface area contributed by atoms with Crippen LogP contribution in [-0.2, 0) is 0 Å². The molecule has 1 aliphatic carbocycles. The second-order valence-electron chi connectivity index (χ2n) is 5.66. The number of nitrogens with zero attached hydrogens (tertiary/aromatic N) is 2. The van der Waals surface area contributed by atoms with Gasteiger partial charge in [-0.25, -0.2) is 4.78 Å². The van der Waals surface area contributed by atoms with Crippen molar-refractivity contribution in [1.82, 2.24) is 0 Å². The normalized spacial score (nSPS) is 24.6. The standard InChI is InChI=1S/C18H19N2P/c1-3-9-15(10-4-1)20-19-17-13-7-8-14-18(17)21(20)16-11-5-2-6-12-16/h1-6,9-12,18H,7-8,13-14H2. The van der Waals surface area contributed by atoms with E-state index in [0.29, 0.717) is 5.66 Å². The van der Waals surface area contributed by atoms with Gasteiger partial charge in [-0.15, -0.1) is 0 Å². The first-order valence-electron chi connectivity index (χ1n) is 7.70. The lowest BCUT2D eigenvalue weighted by atomic mass is 9.98.